The predicted molar refractivity (Wildman–Crippen MR) is 54.3 cm³/mol. The molecule has 1 aromatic rings. The number of aliphatic carboxylic acids is 1. The van der Waals surface area contributed by atoms with Gasteiger partial charge >= 0.3 is 5.97 Å². The average molecular weight is 212 g/mol. The zero-order chi connectivity index (χ0) is 11.3. The standard InChI is InChI=1S/C10H16N2O3/c1-8(2)12(4-3-10(13)14)6-9-5-11-15-7-9/h5,7-8H,3-4,6H2,1-2H3,(H,13,14). The van der Waals surface area contributed by atoms with E-state index in [-0.39, 0.29) is 6.42 Å². The first kappa shape index (κ1) is 11.7. The molecule has 1 aromatic heterocycles. The van der Waals surface area contributed by atoms with Crippen LogP contribution < -0.4 is 0 Å². The van der Waals surface area contributed by atoms with E-state index >= 15 is 0 Å². The van der Waals surface area contributed by atoms with Crippen LogP contribution in [0.1, 0.15) is 25.8 Å². The van der Waals surface area contributed by atoms with Crippen LogP contribution in [0.2, 0.25) is 0 Å². The lowest BCUT2D eigenvalue weighted by Gasteiger charge is -2.24. The molecule has 84 valence electrons. The molecule has 0 bridgehead atoms. The van der Waals surface area contributed by atoms with Gasteiger partial charge in [0.15, 0.2) is 0 Å². The van der Waals surface area contributed by atoms with Gasteiger partial charge in [0, 0.05) is 24.7 Å². The lowest BCUT2D eigenvalue weighted by molar-refractivity contribution is -0.137. The molecule has 0 fully saturated rings. The highest BCUT2D eigenvalue weighted by atomic mass is 16.5. The molecule has 0 atom stereocenters. The third kappa shape index (κ3) is 4.12. The molecular formula is C10H16N2O3. The van der Waals surface area contributed by atoms with Gasteiger partial charge in [-0.15, -0.1) is 0 Å². The van der Waals surface area contributed by atoms with Gasteiger partial charge in [-0.2, -0.15) is 0 Å². The Balaban J connectivity index is 2.47. The molecule has 5 nitrogen and oxygen atoms in total. The SMILES string of the molecule is CC(C)N(CCC(=O)O)Cc1cnoc1. The van der Waals surface area contributed by atoms with Gasteiger partial charge in [0.25, 0.3) is 0 Å². The average Bonchev–Trinajstić information content (AvgIpc) is 2.63. The third-order valence-corrected chi connectivity index (χ3v) is 2.21. The van der Waals surface area contributed by atoms with Gasteiger partial charge in [-0.25, -0.2) is 0 Å². The Hall–Kier alpha value is -1.36. The normalized spacial score (nSPS) is 11.2. The van der Waals surface area contributed by atoms with E-state index in [2.05, 4.69) is 10.1 Å². The fourth-order valence-electron chi connectivity index (χ4n) is 1.30. The topological polar surface area (TPSA) is 66.6 Å². The molecule has 1 rings (SSSR count). The summed E-state index contributed by atoms with van der Waals surface area (Å²) in [5.74, 6) is -0.772. The van der Waals surface area contributed by atoms with Crippen molar-refractivity contribution in [1.82, 2.24) is 10.1 Å². The molecule has 0 unspecified atom stereocenters. The molecule has 0 radical (unpaired) electrons. The lowest BCUT2D eigenvalue weighted by atomic mass is 10.2. The number of hydrogen-bond acceptors (Lipinski definition) is 4. The van der Waals surface area contributed by atoms with Crippen molar-refractivity contribution in [2.75, 3.05) is 6.54 Å². The second kappa shape index (κ2) is 5.50. The van der Waals surface area contributed by atoms with Crippen LogP contribution >= 0.6 is 0 Å². The van der Waals surface area contributed by atoms with Crippen LogP contribution in [0.15, 0.2) is 17.0 Å². The fraction of sp³-hybridized carbons (Fsp3) is 0.600. The number of nitrogens with zero attached hydrogens (tertiary/aromatic N) is 2. The second-order valence-electron chi connectivity index (χ2n) is 3.74. The largest absolute Gasteiger partial charge is 0.481 e. The van der Waals surface area contributed by atoms with Crippen molar-refractivity contribution in [1.29, 1.82) is 0 Å². The van der Waals surface area contributed by atoms with E-state index in [9.17, 15) is 4.79 Å². The van der Waals surface area contributed by atoms with E-state index < -0.39 is 5.97 Å². The van der Waals surface area contributed by atoms with Gasteiger partial charge in [-0.1, -0.05) is 5.16 Å². The van der Waals surface area contributed by atoms with Crippen molar-refractivity contribution in [3.63, 3.8) is 0 Å². The number of hydrogen-bond donors (Lipinski definition) is 1. The molecule has 0 aromatic carbocycles. The summed E-state index contributed by atoms with van der Waals surface area (Å²) in [5, 5.41) is 12.2. The summed E-state index contributed by atoms with van der Waals surface area (Å²) < 4.78 is 4.73. The van der Waals surface area contributed by atoms with E-state index in [0.29, 0.717) is 19.1 Å². The monoisotopic (exact) mass is 212 g/mol. The zero-order valence-corrected chi connectivity index (χ0v) is 9.01. The number of carboxylic acid groups (broad SMARTS) is 1. The van der Waals surface area contributed by atoms with Crippen molar-refractivity contribution in [2.24, 2.45) is 0 Å². The van der Waals surface area contributed by atoms with Crippen molar-refractivity contribution in [2.45, 2.75) is 32.9 Å². The maximum absolute atomic E-state index is 10.5. The number of rotatable bonds is 6. The summed E-state index contributed by atoms with van der Waals surface area (Å²) in [5.41, 5.74) is 0.967. The Kier molecular flexibility index (Phi) is 4.30. The Bertz CT molecular complexity index is 296. The second-order valence-corrected chi connectivity index (χ2v) is 3.74. The summed E-state index contributed by atoms with van der Waals surface area (Å²) in [7, 11) is 0. The van der Waals surface area contributed by atoms with Gasteiger partial charge in [0.05, 0.1) is 12.6 Å². The first-order valence-electron chi connectivity index (χ1n) is 4.93. The van der Waals surface area contributed by atoms with E-state index in [4.69, 9.17) is 9.63 Å². The zero-order valence-electron chi connectivity index (χ0n) is 9.01. The molecular weight excluding hydrogens is 196 g/mol. The van der Waals surface area contributed by atoms with Crippen molar-refractivity contribution < 1.29 is 14.4 Å². The summed E-state index contributed by atoms with van der Waals surface area (Å²) in [6, 6.07) is 0.305. The Labute approximate surface area is 88.7 Å². The molecule has 0 amide bonds. The summed E-state index contributed by atoms with van der Waals surface area (Å²) in [6.07, 6.45) is 3.38. The maximum Gasteiger partial charge on any atom is 0.304 e. The van der Waals surface area contributed by atoms with Crippen LogP contribution in [-0.4, -0.2) is 33.7 Å². The molecule has 0 saturated carbocycles. The van der Waals surface area contributed by atoms with Crippen LogP contribution in [0, 0.1) is 0 Å². The third-order valence-electron chi connectivity index (χ3n) is 2.21. The minimum absolute atomic E-state index is 0.156. The smallest absolute Gasteiger partial charge is 0.304 e. The van der Waals surface area contributed by atoms with E-state index in [1.807, 2.05) is 13.8 Å². The Morgan fingerprint density at radius 3 is 2.87 bits per heavy atom. The summed E-state index contributed by atoms with van der Waals surface area (Å²) in [4.78, 5) is 12.5. The number of aromatic nitrogens is 1. The van der Waals surface area contributed by atoms with Gasteiger partial charge in [-0.05, 0) is 13.8 Å². The van der Waals surface area contributed by atoms with Crippen molar-refractivity contribution in [3.8, 4) is 0 Å². The van der Waals surface area contributed by atoms with Gasteiger partial charge in [0.2, 0.25) is 0 Å². The Morgan fingerprint density at radius 1 is 1.67 bits per heavy atom. The molecule has 5 heteroatoms. The first-order chi connectivity index (χ1) is 7.09. The van der Waals surface area contributed by atoms with Gasteiger partial charge in [0.1, 0.15) is 6.26 Å². The maximum atomic E-state index is 10.5. The highest BCUT2D eigenvalue weighted by Gasteiger charge is 2.12. The molecule has 0 aliphatic rings. The van der Waals surface area contributed by atoms with Crippen LogP contribution in [0.4, 0.5) is 0 Å². The Morgan fingerprint density at radius 2 is 2.40 bits per heavy atom. The molecule has 0 saturated heterocycles. The van der Waals surface area contributed by atoms with Crippen molar-refractivity contribution >= 4 is 5.97 Å². The van der Waals surface area contributed by atoms with Gasteiger partial charge in [-0.3, -0.25) is 9.69 Å². The molecule has 15 heavy (non-hydrogen) atoms. The van der Waals surface area contributed by atoms with Crippen LogP contribution in [0.25, 0.3) is 0 Å². The molecule has 1 heterocycles. The summed E-state index contributed by atoms with van der Waals surface area (Å²) >= 11 is 0. The molecule has 0 aliphatic carbocycles. The summed E-state index contributed by atoms with van der Waals surface area (Å²) in [6.45, 7) is 5.29. The van der Waals surface area contributed by atoms with Gasteiger partial charge < -0.3 is 9.63 Å². The number of carbonyl (C=O) groups is 1. The molecule has 1 N–H and O–H groups in total. The minimum Gasteiger partial charge on any atom is -0.481 e. The van der Waals surface area contributed by atoms with Crippen LogP contribution in [-0.2, 0) is 11.3 Å². The lowest BCUT2D eigenvalue weighted by Crippen LogP contribution is -2.32. The van der Waals surface area contributed by atoms with Crippen LogP contribution in [0.5, 0.6) is 0 Å². The quantitative estimate of drug-likeness (QED) is 0.771. The molecule has 0 spiro atoms. The number of carboxylic acids is 1. The highest BCUT2D eigenvalue weighted by molar-refractivity contribution is 5.66. The molecule has 0 aliphatic heterocycles. The van der Waals surface area contributed by atoms with Crippen LogP contribution in [0.3, 0.4) is 0 Å². The van der Waals surface area contributed by atoms with E-state index in [1.165, 1.54) is 0 Å². The minimum atomic E-state index is -0.772. The predicted octanol–water partition coefficient (Wildman–Crippen LogP) is 1.36. The van der Waals surface area contributed by atoms with Crippen molar-refractivity contribution in [3.05, 3.63) is 18.0 Å². The highest BCUT2D eigenvalue weighted by Crippen LogP contribution is 2.07. The first-order valence-corrected chi connectivity index (χ1v) is 4.93. The van der Waals surface area contributed by atoms with E-state index in [0.717, 1.165) is 5.56 Å². The van der Waals surface area contributed by atoms with E-state index in [1.54, 1.807) is 12.5 Å². The fourth-order valence-corrected chi connectivity index (χ4v) is 1.30.